The number of fused-ring (bicyclic) bond motifs is 1. The summed E-state index contributed by atoms with van der Waals surface area (Å²) in [5.41, 5.74) is 1.33. The van der Waals surface area contributed by atoms with Crippen molar-refractivity contribution in [3.63, 3.8) is 0 Å². The number of nitrogens with zero attached hydrogens (tertiary/aromatic N) is 4. The summed E-state index contributed by atoms with van der Waals surface area (Å²) in [5.74, 6) is 0.671. The number of piperidine rings is 1. The summed E-state index contributed by atoms with van der Waals surface area (Å²) in [4.78, 5) is 12.7. The second kappa shape index (κ2) is 18.6. The van der Waals surface area contributed by atoms with E-state index in [9.17, 15) is 17.7 Å². The van der Waals surface area contributed by atoms with E-state index >= 15 is 0 Å². The van der Waals surface area contributed by atoms with Crippen LogP contribution in [-0.4, -0.2) is 104 Å². The zero-order chi connectivity index (χ0) is 34.6. The number of unbranched alkanes of at least 4 members (excludes halogenated alkanes) is 8. The highest BCUT2D eigenvalue weighted by Crippen LogP contribution is 2.38. The van der Waals surface area contributed by atoms with Gasteiger partial charge in [0.2, 0.25) is 9.84 Å². The fourth-order valence-electron chi connectivity index (χ4n) is 7.23. The second-order valence-electron chi connectivity index (χ2n) is 13.6. The summed E-state index contributed by atoms with van der Waals surface area (Å²) in [6.45, 7) is 9.08. The molecular formula is C38H56N4O5S2. The van der Waals surface area contributed by atoms with Gasteiger partial charge >= 0.3 is 0 Å². The summed E-state index contributed by atoms with van der Waals surface area (Å²) in [5, 5.41) is 10.0. The zero-order valence-corrected chi connectivity index (χ0v) is 31.2. The van der Waals surface area contributed by atoms with Crippen molar-refractivity contribution in [1.82, 2.24) is 14.8 Å². The van der Waals surface area contributed by atoms with Gasteiger partial charge in [0.05, 0.1) is 29.3 Å². The van der Waals surface area contributed by atoms with Gasteiger partial charge in [-0.1, -0.05) is 58.3 Å². The Morgan fingerprint density at radius 2 is 1.53 bits per heavy atom. The van der Waals surface area contributed by atoms with Crippen molar-refractivity contribution in [3.8, 4) is 5.75 Å². The maximum Gasteiger partial charge on any atom is 0.210 e. The first kappa shape index (κ1) is 37.7. The monoisotopic (exact) mass is 712 g/mol. The first-order valence-corrected chi connectivity index (χ1v) is 21.4. The second-order valence-corrected chi connectivity index (χ2v) is 16.9. The molecule has 49 heavy (non-hydrogen) atoms. The Morgan fingerprint density at radius 3 is 2.16 bits per heavy atom. The van der Waals surface area contributed by atoms with E-state index in [1.807, 2.05) is 12.1 Å². The number of anilines is 1. The van der Waals surface area contributed by atoms with Crippen LogP contribution < -0.4 is 9.64 Å². The summed E-state index contributed by atoms with van der Waals surface area (Å²) < 4.78 is 47.1. The molecule has 9 nitrogen and oxygen atoms in total. The summed E-state index contributed by atoms with van der Waals surface area (Å²) in [6, 6.07) is 12.7. The Balaban J connectivity index is 1.28. The van der Waals surface area contributed by atoms with Crippen LogP contribution in [0.3, 0.4) is 0 Å². The minimum absolute atomic E-state index is 0.179. The number of benzene rings is 2. The smallest absolute Gasteiger partial charge is 0.210 e. The van der Waals surface area contributed by atoms with Crippen LogP contribution in [0, 0.1) is 0 Å². The van der Waals surface area contributed by atoms with Crippen molar-refractivity contribution in [3.05, 3.63) is 48.7 Å². The van der Waals surface area contributed by atoms with E-state index in [4.69, 9.17) is 4.74 Å². The molecule has 1 aromatic heterocycles. The van der Waals surface area contributed by atoms with Crippen LogP contribution >= 0.6 is 0 Å². The van der Waals surface area contributed by atoms with Crippen LogP contribution in [0.15, 0.2) is 63.3 Å². The minimum atomic E-state index is -3.92. The number of sulfone groups is 1. The van der Waals surface area contributed by atoms with Crippen molar-refractivity contribution in [2.24, 2.45) is 0 Å². The van der Waals surface area contributed by atoms with E-state index in [0.717, 1.165) is 58.4 Å². The van der Waals surface area contributed by atoms with Crippen molar-refractivity contribution in [2.45, 2.75) is 98.3 Å². The molecule has 1 N–H and O–H groups in total. The van der Waals surface area contributed by atoms with Gasteiger partial charge in [-0.3, -0.25) is 19.0 Å². The lowest BCUT2D eigenvalue weighted by atomic mass is 10.0. The predicted octanol–water partition coefficient (Wildman–Crippen LogP) is 6.29. The third-order valence-electron chi connectivity index (χ3n) is 10.2. The number of β-amino-alcohol motifs (C(OH)–C–C–N with tert-alkyl or cyclic N) is 1. The predicted molar refractivity (Wildman–Crippen MR) is 199 cm³/mol. The van der Waals surface area contributed by atoms with Gasteiger partial charge in [-0.25, -0.2) is 8.42 Å². The van der Waals surface area contributed by atoms with Crippen molar-refractivity contribution >= 4 is 37.2 Å². The summed E-state index contributed by atoms with van der Waals surface area (Å²) >= 11 is 0. The van der Waals surface area contributed by atoms with E-state index in [2.05, 4.69) is 26.6 Å². The van der Waals surface area contributed by atoms with Gasteiger partial charge in [0, 0.05) is 85.4 Å². The van der Waals surface area contributed by atoms with Crippen LogP contribution in [0.2, 0.25) is 0 Å². The SMILES string of the molecule is CCCCCCCCCCCOc1ccc(S(=O)(=O)c2cnc3ccc(S(C)=O)cc3c2N2CCC(N3CCN(CCO)CC3)CC2)cc1. The van der Waals surface area contributed by atoms with E-state index in [-0.39, 0.29) is 16.4 Å². The van der Waals surface area contributed by atoms with Crippen LogP contribution in [0.4, 0.5) is 5.69 Å². The van der Waals surface area contributed by atoms with Crippen LogP contribution in [0.25, 0.3) is 10.9 Å². The normalized spacial score (nSPS) is 17.5. The summed E-state index contributed by atoms with van der Waals surface area (Å²) in [7, 11) is -5.14. The van der Waals surface area contributed by atoms with E-state index in [1.54, 1.807) is 36.6 Å². The average Bonchev–Trinajstić information content (AvgIpc) is 3.12. The highest BCUT2D eigenvalue weighted by Gasteiger charge is 2.32. The Labute approximate surface area is 296 Å². The molecule has 2 aliphatic rings. The van der Waals surface area contributed by atoms with Gasteiger partial charge in [0.25, 0.3) is 0 Å². The Kier molecular flexibility index (Phi) is 14.3. The summed E-state index contributed by atoms with van der Waals surface area (Å²) in [6.07, 6.45) is 16.2. The van der Waals surface area contributed by atoms with Crippen LogP contribution in [0.5, 0.6) is 5.75 Å². The van der Waals surface area contributed by atoms with Crippen molar-refractivity contribution in [1.29, 1.82) is 0 Å². The lowest BCUT2D eigenvalue weighted by molar-refractivity contribution is 0.0747. The molecule has 270 valence electrons. The number of aromatic nitrogens is 1. The number of hydrogen-bond acceptors (Lipinski definition) is 9. The van der Waals surface area contributed by atoms with Gasteiger partial charge in [-0.2, -0.15) is 0 Å². The van der Waals surface area contributed by atoms with Gasteiger partial charge in [0.15, 0.2) is 0 Å². The Hall–Kier alpha value is -2.57. The Bertz CT molecular complexity index is 1600. The molecule has 5 rings (SSSR count). The van der Waals surface area contributed by atoms with Gasteiger partial charge in [-0.15, -0.1) is 0 Å². The molecule has 11 heteroatoms. The minimum Gasteiger partial charge on any atom is -0.494 e. The highest BCUT2D eigenvalue weighted by molar-refractivity contribution is 7.91. The number of aliphatic hydroxyl groups excluding tert-OH is 1. The molecule has 0 radical (unpaired) electrons. The number of hydrogen-bond donors (Lipinski definition) is 1. The van der Waals surface area contributed by atoms with Crippen LogP contribution in [0.1, 0.15) is 77.6 Å². The molecule has 1 unspecified atom stereocenters. The van der Waals surface area contributed by atoms with Gasteiger partial charge in [-0.05, 0) is 61.7 Å². The quantitative estimate of drug-likeness (QED) is 0.152. The molecule has 3 heterocycles. The maximum atomic E-state index is 14.3. The molecule has 2 aliphatic heterocycles. The van der Waals surface area contributed by atoms with E-state index < -0.39 is 20.6 Å². The van der Waals surface area contributed by atoms with Crippen molar-refractivity contribution < 1.29 is 22.5 Å². The molecule has 0 amide bonds. The molecule has 2 aromatic carbocycles. The largest absolute Gasteiger partial charge is 0.494 e. The molecule has 0 saturated carbocycles. The third kappa shape index (κ3) is 10.0. The zero-order valence-electron chi connectivity index (χ0n) is 29.5. The molecule has 3 aromatic rings. The number of ether oxygens (including phenoxy) is 1. The van der Waals surface area contributed by atoms with E-state index in [1.165, 1.54) is 51.1 Å². The molecule has 2 saturated heterocycles. The molecule has 1 atom stereocenters. The third-order valence-corrected chi connectivity index (χ3v) is 12.9. The molecular weight excluding hydrogens is 657 g/mol. The average molecular weight is 713 g/mol. The maximum absolute atomic E-state index is 14.3. The number of piperazine rings is 1. The Morgan fingerprint density at radius 1 is 0.878 bits per heavy atom. The van der Waals surface area contributed by atoms with E-state index in [0.29, 0.717) is 53.0 Å². The standard InChI is InChI=1S/C38H56N4O5S2/c1-3-4-5-6-7-8-9-10-11-28-47-32-12-15-34(16-13-32)49(45,46)37-30-39-36-17-14-33(48(2)44)29-35(36)38(37)42-20-18-31(19-21-42)41-24-22-40(23-25-41)26-27-43/h12-17,29-31,43H,3-11,18-28H2,1-2H3. The number of aliphatic hydroxyl groups is 1. The number of pyridine rings is 1. The first-order chi connectivity index (χ1) is 23.8. The molecule has 0 aliphatic carbocycles. The fourth-order valence-corrected chi connectivity index (χ4v) is 9.21. The lowest BCUT2D eigenvalue weighted by Gasteiger charge is -2.43. The van der Waals surface area contributed by atoms with Gasteiger partial charge in [0.1, 0.15) is 10.6 Å². The fraction of sp³-hybridized carbons (Fsp3) is 0.605. The van der Waals surface area contributed by atoms with Crippen LogP contribution in [-0.2, 0) is 20.6 Å². The number of rotatable bonds is 18. The topological polar surface area (TPSA) is 103 Å². The molecule has 2 fully saturated rings. The van der Waals surface area contributed by atoms with Gasteiger partial charge < -0.3 is 14.7 Å². The first-order valence-electron chi connectivity index (χ1n) is 18.4. The molecule has 0 spiro atoms. The lowest BCUT2D eigenvalue weighted by Crippen LogP contribution is -2.53. The highest BCUT2D eigenvalue weighted by atomic mass is 32.2. The van der Waals surface area contributed by atoms with Crippen molar-refractivity contribution in [2.75, 3.05) is 70.2 Å². The molecule has 0 bridgehead atoms.